The smallest absolute Gasteiger partial charge is 0.227 e. The maximum atomic E-state index is 12.4. The fraction of sp³-hybridized carbons (Fsp3) is 0.923. The monoisotopic (exact) mass is 239 g/mol. The molecule has 0 saturated carbocycles. The molecule has 0 bridgehead atoms. The molecule has 4 heteroatoms. The third-order valence-corrected chi connectivity index (χ3v) is 4.08. The van der Waals surface area contributed by atoms with Gasteiger partial charge < -0.3 is 15.1 Å². The summed E-state index contributed by atoms with van der Waals surface area (Å²) in [5.74, 6) is 0.605. The van der Waals surface area contributed by atoms with Gasteiger partial charge in [-0.1, -0.05) is 0 Å². The number of piperidine rings is 2. The largest absolute Gasteiger partial charge is 0.341 e. The van der Waals surface area contributed by atoms with Crippen molar-refractivity contribution in [3.05, 3.63) is 0 Å². The van der Waals surface area contributed by atoms with Gasteiger partial charge in [0.25, 0.3) is 0 Å². The molecule has 2 aliphatic heterocycles. The lowest BCUT2D eigenvalue weighted by Crippen LogP contribution is -2.51. The number of carbonyl (C=O) groups is 1. The van der Waals surface area contributed by atoms with E-state index in [0.29, 0.717) is 11.9 Å². The van der Waals surface area contributed by atoms with E-state index >= 15 is 0 Å². The van der Waals surface area contributed by atoms with Crippen LogP contribution in [-0.4, -0.2) is 62.0 Å². The van der Waals surface area contributed by atoms with E-state index in [1.165, 1.54) is 6.42 Å². The number of nitrogens with one attached hydrogen (secondary N) is 1. The summed E-state index contributed by atoms with van der Waals surface area (Å²) in [6, 6.07) is 0.546. The molecule has 98 valence electrons. The standard InChI is InChI=1S/C13H25N3O/c1-15(2)12-6-4-8-16(10-12)13(17)11-5-3-7-14-9-11/h11-12,14H,3-10H2,1-2H3. The van der Waals surface area contributed by atoms with Gasteiger partial charge >= 0.3 is 0 Å². The SMILES string of the molecule is CN(C)C1CCCN(C(=O)C2CCCNC2)C1. The van der Waals surface area contributed by atoms with Crippen LogP contribution in [0.4, 0.5) is 0 Å². The predicted molar refractivity (Wildman–Crippen MR) is 68.9 cm³/mol. The van der Waals surface area contributed by atoms with Gasteiger partial charge in [0, 0.05) is 25.7 Å². The molecule has 4 nitrogen and oxygen atoms in total. The van der Waals surface area contributed by atoms with Crippen molar-refractivity contribution in [3.8, 4) is 0 Å². The average Bonchev–Trinajstić information content (AvgIpc) is 2.39. The lowest BCUT2D eigenvalue weighted by Gasteiger charge is -2.38. The Labute approximate surface area is 104 Å². The van der Waals surface area contributed by atoms with E-state index in [1.54, 1.807) is 0 Å². The van der Waals surface area contributed by atoms with Crippen molar-refractivity contribution in [3.63, 3.8) is 0 Å². The molecule has 2 unspecified atom stereocenters. The summed E-state index contributed by atoms with van der Waals surface area (Å²) in [4.78, 5) is 16.7. The second kappa shape index (κ2) is 5.83. The Morgan fingerprint density at radius 3 is 2.76 bits per heavy atom. The minimum Gasteiger partial charge on any atom is -0.341 e. The van der Waals surface area contributed by atoms with E-state index in [9.17, 15) is 4.79 Å². The fourth-order valence-electron chi connectivity index (χ4n) is 2.90. The van der Waals surface area contributed by atoms with Gasteiger partial charge in [0.1, 0.15) is 0 Å². The van der Waals surface area contributed by atoms with Crippen molar-refractivity contribution in [1.82, 2.24) is 15.1 Å². The molecule has 0 aromatic heterocycles. The van der Waals surface area contributed by atoms with Crippen LogP contribution in [0, 0.1) is 5.92 Å². The molecule has 2 heterocycles. The van der Waals surface area contributed by atoms with Gasteiger partial charge in [-0.3, -0.25) is 4.79 Å². The van der Waals surface area contributed by atoms with Crippen molar-refractivity contribution in [2.45, 2.75) is 31.7 Å². The Morgan fingerprint density at radius 1 is 1.29 bits per heavy atom. The van der Waals surface area contributed by atoms with Crippen LogP contribution in [0.1, 0.15) is 25.7 Å². The van der Waals surface area contributed by atoms with Crippen LogP contribution in [-0.2, 0) is 4.79 Å². The Balaban J connectivity index is 1.89. The maximum Gasteiger partial charge on any atom is 0.227 e. The second-order valence-electron chi connectivity index (χ2n) is 5.59. The van der Waals surface area contributed by atoms with Crippen LogP contribution in [0.5, 0.6) is 0 Å². The highest BCUT2D eigenvalue weighted by Gasteiger charge is 2.30. The van der Waals surface area contributed by atoms with E-state index < -0.39 is 0 Å². The molecule has 2 fully saturated rings. The summed E-state index contributed by atoms with van der Waals surface area (Å²) in [5, 5.41) is 3.33. The number of hydrogen-bond donors (Lipinski definition) is 1. The molecule has 0 aromatic rings. The normalized spacial score (nSPS) is 30.6. The third kappa shape index (κ3) is 3.19. The molecule has 2 rings (SSSR count). The highest BCUT2D eigenvalue weighted by atomic mass is 16.2. The zero-order chi connectivity index (χ0) is 12.3. The Kier molecular flexibility index (Phi) is 4.40. The van der Waals surface area contributed by atoms with E-state index in [2.05, 4.69) is 29.2 Å². The minimum atomic E-state index is 0.227. The van der Waals surface area contributed by atoms with Crippen LogP contribution in [0.2, 0.25) is 0 Å². The third-order valence-electron chi connectivity index (χ3n) is 4.08. The molecule has 0 spiro atoms. The van der Waals surface area contributed by atoms with Crippen molar-refractivity contribution < 1.29 is 4.79 Å². The Morgan fingerprint density at radius 2 is 2.12 bits per heavy atom. The van der Waals surface area contributed by atoms with Gasteiger partial charge in [-0.2, -0.15) is 0 Å². The Hall–Kier alpha value is -0.610. The van der Waals surface area contributed by atoms with Gasteiger partial charge in [0.2, 0.25) is 5.91 Å². The first-order valence-electron chi connectivity index (χ1n) is 6.84. The van der Waals surface area contributed by atoms with Crippen LogP contribution >= 0.6 is 0 Å². The van der Waals surface area contributed by atoms with E-state index in [-0.39, 0.29) is 5.92 Å². The molecule has 2 aliphatic rings. The number of carbonyl (C=O) groups excluding carboxylic acids is 1. The van der Waals surface area contributed by atoms with E-state index in [1.807, 2.05) is 0 Å². The number of rotatable bonds is 2. The molecular formula is C13H25N3O. The van der Waals surface area contributed by atoms with Crippen LogP contribution in [0.15, 0.2) is 0 Å². The number of amides is 1. The summed E-state index contributed by atoms with van der Waals surface area (Å²) in [6.07, 6.45) is 4.57. The summed E-state index contributed by atoms with van der Waals surface area (Å²) in [7, 11) is 4.22. The van der Waals surface area contributed by atoms with Crippen molar-refractivity contribution in [1.29, 1.82) is 0 Å². The second-order valence-corrected chi connectivity index (χ2v) is 5.59. The minimum absolute atomic E-state index is 0.227. The molecule has 1 N–H and O–H groups in total. The first-order chi connectivity index (χ1) is 8.18. The van der Waals surface area contributed by atoms with E-state index in [4.69, 9.17) is 0 Å². The number of nitrogens with zero attached hydrogens (tertiary/aromatic N) is 2. The van der Waals surface area contributed by atoms with Crippen LogP contribution in [0.25, 0.3) is 0 Å². The Bertz CT molecular complexity index is 261. The lowest BCUT2D eigenvalue weighted by atomic mass is 9.96. The lowest BCUT2D eigenvalue weighted by molar-refractivity contribution is -0.138. The summed E-state index contributed by atoms with van der Waals surface area (Å²) < 4.78 is 0. The topological polar surface area (TPSA) is 35.6 Å². The zero-order valence-corrected chi connectivity index (χ0v) is 11.1. The number of hydrogen-bond acceptors (Lipinski definition) is 3. The summed E-state index contributed by atoms with van der Waals surface area (Å²) in [6.45, 7) is 3.83. The van der Waals surface area contributed by atoms with Gasteiger partial charge in [0.15, 0.2) is 0 Å². The molecule has 17 heavy (non-hydrogen) atoms. The first-order valence-corrected chi connectivity index (χ1v) is 6.84. The van der Waals surface area contributed by atoms with E-state index in [0.717, 1.165) is 45.4 Å². The molecule has 0 aliphatic carbocycles. The highest BCUT2D eigenvalue weighted by molar-refractivity contribution is 5.79. The van der Waals surface area contributed by atoms with Crippen molar-refractivity contribution in [2.24, 2.45) is 5.92 Å². The molecular weight excluding hydrogens is 214 g/mol. The van der Waals surface area contributed by atoms with Gasteiger partial charge in [-0.15, -0.1) is 0 Å². The molecule has 1 amide bonds. The molecule has 0 radical (unpaired) electrons. The van der Waals surface area contributed by atoms with Gasteiger partial charge in [0.05, 0.1) is 5.92 Å². The first kappa shape index (κ1) is 12.8. The average molecular weight is 239 g/mol. The van der Waals surface area contributed by atoms with Crippen molar-refractivity contribution >= 4 is 5.91 Å². The van der Waals surface area contributed by atoms with Gasteiger partial charge in [-0.25, -0.2) is 0 Å². The number of likely N-dealkylation sites (tertiary alicyclic amines) is 1. The predicted octanol–water partition coefficient (Wildman–Crippen LogP) is 0.539. The van der Waals surface area contributed by atoms with Crippen LogP contribution in [0.3, 0.4) is 0 Å². The number of likely N-dealkylation sites (N-methyl/N-ethyl adjacent to an activating group) is 1. The maximum absolute atomic E-state index is 12.4. The fourth-order valence-corrected chi connectivity index (χ4v) is 2.90. The van der Waals surface area contributed by atoms with Gasteiger partial charge in [-0.05, 0) is 46.3 Å². The van der Waals surface area contributed by atoms with Crippen molar-refractivity contribution in [2.75, 3.05) is 40.3 Å². The highest BCUT2D eigenvalue weighted by Crippen LogP contribution is 2.19. The zero-order valence-electron chi connectivity index (χ0n) is 11.1. The molecule has 0 aromatic carbocycles. The van der Waals surface area contributed by atoms with Crippen LogP contribution < -0.4 is 5.32 Å². The molecule has 2 atom stereocenters. The quantitative estimate of drug-likeness (QED) is 0.764. The summed E-state index contributed by atoms with van der Waals surface area (Å²) >= 11 is 0. The summed E-state index contributed by atoms with van der Waals surface area (Å²) in [5.41, 5.74) is 0. The molecule has 2 saturated heterocycles.